The van der Waals surface area contributed by atoms with Gasteiger partial charge in [0.2, 0.25) is 0 Å². The molecule has 0 saturated carbocycles. The lowest BCUT2D eigenvalue weighted by atomic mass is 10.1. The van der Waals surface area contributed by atoms with Gasteiger partial charge in [-0.3, -0.25) is 0 Å². The van der Waals surface area contributed by atoms with Crippen molar-refractivity contribution in [2.75, 3.05) is 7.05 Å². The number of halogens is 1. The summed E-state index contributed by atoms with van der Waals surface area (Å²) in [5, 5.41) is 5.63. The number of ether oxygens (including phenoxy) is 1. The highest BCUT2D eigenvalue weighted by molar-refractivity contribution is 6.35. The zero-order valence-corrected chi connectivity index (χ0v) is 12.3. The lowest BCUT2D eigenvalue weighted by Gasteiger charge is -2.08. The maximum Gasteiger partial charge on any atom is 0.321 e. The minimum absolute atomic E-state index is 0.322. The van der Waals surface area contributed by atoms with Crippen LogP contribution in [-0.2, 0) is 6.54 Å². The summed E-state index contributed by atoms with van der Waals surface area (Å²) in [7, 11) is 1.88. The van der Waals surface area contributed by atoms with Gasteiger partial charge in [0.15, 0.2) is 0 Å². The lowest BCUT2D eigenvalue weighted by Crippen LogP contribution is -2.06. The number of benzene rings is 2. The van der Waals surface area contributed by atoms with Crippen LogP contribution in [0.3, 0.4) is 0 Å². The Bertz CT molecular complexity index is 759. The van der Waals surface area contributed by atoms with Crippen molar-refractivity contribution in [1.82, 2.24) is 15.3 Å². The standard InChI is InChI=1S/C16H14ClN3O/c1-18-8-11-9-19-16(20-10-11)21-15-7-6-14(17)12-4-2-3-5-13(12)15/h2-7,9-10,18H,8H2,1H3. The average Bonchev–Trinajstić information content (AvgIpc) is 2.52. The van der Waals surface area contributed by atoms with E-state index >= 15 is 0 Å². The molecule has 0 atom stereocenters. The van der Waals surface area contributed by atoms with E-state index in [2.05, 4.69) is 15.3 Å². The molecule has 0 unspecified atom stereocenters. The molecule has 1 aromatic heterocycles. The summed E-state index contributed by atoms with van der Waals surface area (Å²) in [6.45, 7) is 0.726. The van der Waals surface area contributed by atoms with Crippen LogP contribution in [0, 0.1) is 0 Å². The second kappa shape index (κ2) is 6.08. The van der Waals surface area contributed by atoms with Gasteiger partial charge in [-0.05, 0) is 19.2 Å². The molecule has 3 aromatic rings. The molecule has 0 bridgehead atoms. The summed E-state index contributed by atoms with van der Waals surface area (Å²) < 4.78 is 5.78. The molecule has 1 N–H and O–H groups in total. The van der Waals surface area contributed by atoms with E-state index in [0.717, 1.165) is 22.9 Å². The molecule has 0 aliphatic carbocycles. The summed E-state index contributed by atoms with van der Waals surface area (Å²) in [6, 6.07) is 11.8. The Balaban J connectivity index is 1.93. The van der Waals surface area contributed by atoms with Gasteiger partial charge in [-0.2, -0.15) is 0 Å². The number of nitrogens with one attached hydrogen (secondary N) is 1. The molecule has 2 aromatic carbocycles. The van der Waals surface area contributed by atoms with E-state index in [1.165, 1.54) is 0 Å². The average molecular weight is 300 g/mol. The smallest absolute Gasteiger partial charge is 0.321 e. The zero-order valence-electron chi connectivity index (χ0n) is 11.5. The topological polar surface area (TPSA) is 47.0 Å². The van der Waals surface area contributed by atoms with Crippen LogP contribution in [0.4, 0.5) is 0 Å². The van der Waals surface area contributed by atoms with Gasteiger partial charge in [-0.15, -0.1) is 0 Å². The van der Waals surface area contributed by atoms with Gasteiger partial charge in [0.25, 0.3) is 0 Å². The number of hydrogen-bond acceptors (Lipinski definition) is 4. The molecular weight excluding hydrogens is 286 g/mol. The van der Waals surface area contributed by atoms with Crippen LogP contribution >= 0.6 is 11.6 Å². The number of aromatic nitrogens is 2. The second-order valence-electron chi connectivity index (χ2n) is 4.60. The van der Waals surface area contributed by atoms with E-state index in [0.29, 0.717) is 16.8 Å². The van der Waals surface area contributed by atoms with Crippen LogP contribution in [0.25, 0.3) is 10.8 Å². The van der Waals surface area contributed by atoms with Crippen LogP contribution in [-0.4, -0.2) is 17.0 Å². The first-order chi connectivity index (χ1) is 10.3. The second-order valence-corrected chi connectivity index (χ2v) is 5.00. The van der Waals surface area contributed by atoms with Crippen LogP contribution in [0.2, 0.25) is 5.02 Å². The van der Waals surface area contributed by atoms with Crippen LogP contribution in [0.5, 0.6) is 11.8 Å². The van der Waals surface area contributed by atoms with Crippen molar-refractivity contribution in [3.05, 3.63) is 59.4 Å². The van der Waals surface area contributed by atoms with Gasteiger partial charge in [0, 0.05) is 40.3 Å². The molecule has 106 valence electrons. The molecule has 21 heavy (non-hydrogen) atoms. The highest BCUT2D eigenvalue weighted by Gasteiger charge is 2.07. The van der Waals surface area contributed by atoms with E-state index in [1.54, 1.807) is 12.4 Å². The summed E-state index contributed by atoms with van der Waals surface area (Å²) >= 11 is 6.19. The molecule has 3 rings (SSSR count). The fourth-order valence-electron chi connectivity index (χ4n) is 2.11. The molecule has 4 nitrogen and oxygen atoms in total. The number of fused-ring (bicyclic) bond motifs is 1. The van der Waals surface area contributed by atoms with E-state index in [1.807, 2.05) is 43.4 Å². The summed E-state index contributed by atoms with van der Waals surface area (Å²) in [4.78, 5) is 8.43. The van der Waals surface area contributed by atoms with Crippen molar-refractivity contribution in [2.45, 2.75) is 6.54 Å². The monoisotopic (exact) mass is 299 g/mol. The molecule has 0 radical (unpaired) electrons. The summed E-state index contributed by atoms with van der Waals surface area (Å²) in [5.41, 5.74) is 1.01. The Morgan fingerprint density at radius 2 is 1.76 bits per heavy atom. The molecule has 0 aliphatic heterocycles. The van der Waals surface area contributed by atoms with E-state index in [-0.39, 0.29) is 0 Å². The first-order valence-electron chi connectivity index (χ1n) is 6.58. The first kappa shape index (κ1) is 13.8. The van der Waals surface area contributed by atoms with Crippen molar-refractivity contribution >= 4 is 22.4 Å². The third-order valence-electron chi connectivity index (χ3n) is 3.09. The maximum absolute atomic E-state index is 6.19. The van der Waals surface area contributed by atoms with Crippen LogP contribution in [0.15, 0.2) is 48.8 Å². The largest absolute Gasteiger partial charge is 0.424 e. The number of rotatable bonds is 4. The van der Waals surface area contributed by atoms with Crippen LogP contribution in [0.1, 0.15) is 5.56 Å². The number of hydrogen-bond donors (Lipinski definition) is 1. The molecule has 0 spiro atoms. The predicted molar refractivity (Wildman–Crippen MR) is 83.8 cm³/mol. The number of nitrogens with zero attached hydrogens (tertiary/aromatic N) is 2. The Morgan fingerprint density at radius 3 is 2.48 bits per heavy atom. The van der Waals surface area contributed by atoms with Gasteiger partial charge in [0.05, 0.1) is 0 Å². The van der Waals surface area contributed by atoms with Crippen molar-refractivity contribution < 1.29 is 4.74 Å². The van der Waals surface area contributed by atoms with Crippen molar-refractivity contribution in [1.29, 1.82) is 0 Å². The van der Waals surface area contributed by atoms with Gasteiger partial charge in [0.1, 0.15) is 5.75 Å². The van der Waals surface area contributed by atoms with E-state index < -0.39 is 0 Å². The quantitative estimate of drug-likeness (QED) is 0.796. The molecule has 0 aliphatic rings. The lowest BCUT2D eigenvalue weighted by molar-refractivity contribution is 0.445. The van der Waals surface area contributed by atoms with E-state index in [4.69, 9.17) is 16.3 Å². The van der Waals surface area contributed by atoms with Crippen LogP contribution < -0.4 is 10.1 Å². The summed E-state index contributed by atoms with van der Waals surface area (Å²) in [5.74, 6) is 0.691. The zero-order chi connectivity index (χ0) is 14.7. The minimum atomic E-state index is 0.322. The first-order valence-corrected chi connectivity index (χ1v) is 6.96. The minimum Gasteiger partial charge on any atom is -0.424 e. The molecule has 0 fully saturated rings. The Labute approximate surface area is 127 Å². The Kier molecular flexibility index (Phi) is 3.99. The SMILES string of the molecule is CNCc1cnc(Oc2ccc(Cl)c3ccccc23)nc1. The van der Waals surface area contributed by atoms with Crippen molar-refractivity contribution in [2.24, 2.45) is 0 Å². The van der Waals surface area contributed by atoms with E-state index in [9.17, 15) is 0 Å². The maximum atomic E-state index is 6.19. The Morgan fingerprint density at radius 1 is 1.05 bits per heavy atom. The van der Waals surface area contributed by atoms with Crippen molar-refractivity contribution in [3.8, 4) is 11.8 Å². The molecule has 0 amide bonds. The summed E-state index contributed by atoms with van der Waals surface area (Å²) in [6.07, 6.45) is 3.49. The molecule has 0 saturated heterocycles. The van der Waals surface area contributed by atoms with Gasteiger partial charge in [-0.1, -0.05) is 35.9 Å². The fourth-order valence-corrected chi connectivity index (χ4v) is 2.34. The predicted octanol–water partition coefficient (Wildman–Crippen LogP) is 3.79. The normalized spacial score (nSPS) is 10.8. The Hall–Kier alpha value is -2.17. The molecule has 1 heterocycles. The fraction of sp³-hybridized carbons (Fsp3) is 0.125. The van der Waals surface area contributed by atoms with Gasteiger partial charge < -0.3 is 10.1 Å². The third-order valence-corrected chi connectivity index (χ3v) is 3.42. The van der Waals surface area contributed by atoms with Gasteiger partial charge in [-0.25, -0.2) is 9.97 Å². The van der Waals surface area contributed by atoms with Crippen molar-refractivity contribution in [3.63, 3.8) is 0 Å². The molecular formula is C16H14ClN3O. The van der Waals surface area contributed by atoms with Gasteiger partial charge >= 0.3 is 6.01 Å². The highest BCUT2D eigenvalue weighted by Crippen LogP contribution is 2.32. The molecule has 5 heteroatoms. The highest BCUT2D eigenvalue weighted by atomic mass is 35.5. The third kappa shape index (κ3) is 2.96.